The average molecular weight is 477 g/mol. The fourth-order valence-electron chi connectivity index (χ4n) is 4.54. The fourth-order valence-corrected chi connectivity index (χ4v) is 4.54. The number of hydrogen-bond donors (Lipinski definition) is 1. The van der Waals surface area contributed by atoms with Gasteiger partial charge in [0.1, 0.15) is 23.6 Å². The number of fused-ring (bicyclic) bond motifs is 1. The van der Waals surface area contributed by atoms with E-state index in [2.05, 4.69) is 5.10 Å². The molecule has 1 N–H and O–H groups in total. The van der Waals surface area contributed by atoms with Crippen LogP contribution in [0.3, 0.4) is 0 Å². The van der Waals surface area contributed by atoms with E-state index in [0.29, 0.717) is 6.42 Å². The Morgan fingerprint density at radius 3 is 2.43 bits per heavy atom. The zero-order valence-electron chi connectivity index (χ0n) is 18.7. The van der Waals surface area contributed by atoms with Crippen LogP contribution in [0.15, 0.2) is 71.8 Å². The van der Waals surface area contributed by atoms with E-state index >= 15 is 0 Å². The molecule has 2 amide bonds. The molecule has 0 spiro atoms. The minimum Gasteiger partial charge on any atom is -0.504 e. The highest BCUT2D eigenvalue weighted by Crippen LogP contribution is 2.41. The summed E-state index contributed by atoms with van der Waals surface area (Å²) in [4.78, 5) is 28.1. The summed E-state index contributed by atoms with van der Waals surface area (Å²) in [7, 11) is 1.39. The Balaban J connectivity index is 1.54. The third-order valence-electron chi connectivity index (χ3n) is 6.27. The van der Waals surface area contributed by atoms with Crippen molar-refractivity contribution >= 4 is 23.2 Å². The van der Waals surface area contributed by atoms with Crippen molar-refractivity contribution in [3.8, 4) is 11.5 Å². The number of phenols is 1. The van der Waals surface area contributed by atoms with Gasteiger partial charge in [-0.1, -0.05) is 30.3 Å². The van der Waals surface area contributed by atoms with Crippen LogP contribution >= 0.6 is 0 Å². The minimum atomic E-state index is -1.10. The Labute approximate surface area is 199 Å². The number of carbonyl (C=O) groups is 2. The zero-order valence-corrected chi connectivity index (χ0v) is 18.7. The van der Waals surface area contributed by atoms with Gasteiger partial charge in [0.15, 0.2) is 11.5 Å². The number of methoxy groups -OCH3 is 1. The summed E-state index contributed by atoms with van der Waals surface area (Å²) >= 11 is 0. The van der Waals surface area contributed by atoms with Gasteiger partial charge >= 0.3 is 0 Å². The van der Waals surface area contributed by atoms with Crippen molar-refractivity contribution in [3.05, 3.63) is 89.5 Å². The number of rotatable bonds is 6. The van der Waals surface area contributed by atoms with Gasteiger partial charge in [-0.25, -0.2) is 13.8 Å². The fraction of sp³-hybridized carbons (Fsp3) is 0.192. The van der Waals surface area contributed by atoms with Crippen LogP contribution in [0.1, 0.15) is 11.1 Å². The van der Waals surface area contributed by atoms with Crippen LogP contribution in [0.4, 0.5) is 14.5 Å². The van der Waals surface area contributed by atoms with Crippen molar-refractivity contribution in [3.63, 3.8) is 0 Å². The van der Waals surface area contributed by atoms with Crippen LogP contribution < -0.4 is 9.75 Å². The number of ether oxygens (including phenoxy) is 1. The Bertz CT molecular complexity index is 1340. The van der Waals surface area contributed by atoms with Gasteiger partial charge in [0, 0.05) is 12.1 Å². The summed E-state index contributed by atoms with van der Waals surface area (Å²) in [5.74, 6) is -3.10. The first-order valence-electron chi connectivity index (χ1n) is 11.0. The highest BCUT2D eigenvalue weighted by Gasteiger charge is 2.57. The number of carbonyl (C=O) groups excluding carboxylic acids is 2. The van der Waals surface area contributed by atoms with E-state index in [1.165, 1.54) is 42.5 Å². The number of aromatic hydroxyl groups is 1. The molecule has 7 nitrogen and oxygen atoms in total. The highest BCUT2D eigenvalue weighted by atomic mass is 19.1. The number of benzene rings is 3. The van der Waals surface area contributed by atoms with Gasteiger partial charge in [-0.3, -0.25) is 14.5 Å². The number of anilines is 1. The quantitative estimate of drug-likeness (QED) is 0.550. The summed E-state index contributed by atoms with van der Waals surface area (Å²) < 4.78 is 33.2. The molecule has 9 heteroatoms. The summed E-state index contributed by atoms with van der Waals surface area (Å²) in [5.41, 5.74) is 1.17. The molecule has 1 fully saturated rings. The number of nitrogens with zero attached hydrogens (tertiary/aromatic N) is 3. The number of hydrogen-bond acceptors (Lipinski definition) is 6. The zero-order chi connectivity index (χ0) is 24.7. The predicted molar refractivity (Wildman–Crippen MR) is 124 cm³/mol. The molecule has 3 aromatic rings. The molecule has 0 radical (unpaired) electrons. The standard InChI is InChI=1S/C26H21F2N3O4/c1-35-20-8-4-5-17(24(20)32)22-21-23(31(29-22)19-7-3-2-6-18(19)28)26(34)30(25(21)33)14-13-15-9-11-16(27)12-10-15/h2-12,21,23,32H,13-14H2,1H3. The molecule has 1 saturated heterocycles. The van der Waals surface area contributed by atoms with Crippen LogP contribution in [0.25, 0.3) is 0 Å². The molecule has 35 heavy (non-hydrogen) atoms. The van der Waals surface area contributed by atoms with Crippen molar-refractivity contribution in [2.24, 2.45) is 11.0 Å². The number of hydrazone groups is 1. The van der Waals surface area contributed by atoms with Gasteiger partial charge in [-0.05, 0) is 48.4 Å². The van der Waals surface area contributed by atoms with Gasteiger partial charge in [-0.2, -0.15) is 5.10 Å². The van der Waals surface area contributed by atoms with Crippen molar-refractivity contribution in [2.75, 3.05) is 18.7 Å². The van der Waals surface area contributed by atoms with Crippen molar-refractivity contribution in [1.29, 1.82) is 0 Å². The van der Waals surface area contributed by atoms with E-state index in [9.17, 15) is 23.5 Å². The molecule has 5 rings (SSSR count). The van der Waals surface area contributed by atoms with Crippen molar-refractivity contribution in [2.45, 2.75) is 12.5 Å². The maximum Gasteiger partial charge on any atom is 0.255 e. The summed E-state index contributed by atoms with van der Waals surface area (Å²) in [5, 5.41) is 16.4. The normalized spacial score (nSPS) is 19.2. The lowest BCUT2D eigenvalue weighted by atomic mass is 9.92. The topological polar surface area (TPSA) is 82.4 Å². The first-order chi connectivity index (χ1) is 16.9. The van der Waals surface area contributed by atoms with Gasteiger partial charge in [-0.15, -0.1) is 0 Å². The van der Waals surface area contributed by atoms with E-state index in [1.54, 1.807) is 36.4 Å². The molecule has 2 aliphatic heterocycles. The van der Waals surface area contributed by atoms with Crippen LogP contribution in [0.5, 0.6) is 11.5 Å². The van der Waals surface area contributed by atoms with Crippen LogP contribution in [0.2, 0.25) is 0 Å². The lowest BCUT2D eigenvalue weighted by molar-refractivity contribution is -0.139. The van der Waals surface area contributed by atoms with Crippen LogP contribution in [-0.4, -0.2) is 47.2 Å². The number of phenolic OH excluding ortho intramolecular Hbond substituents is 1. The van der Waals surface area contributed by atoms with Gasteiger partial charge in [0.2, 0.25) is 5.91 Å². The second-order valence-corrected chi connectivity index (χ2v) is 8.26. The number of imide groups is 1. The summed E-state index contributed by atoms with van der Waals surface area (Å²) in [6, 6.07) is 15.3. The Morgan fingerprint density at radius 1 is 0.971 bits per heavy atom. The molecular weight excluding hydrogens is 456 g/mol. The van der Waals surface area contributed by atoms with E-state index in [4.69, 9.17) is 4.74 Å². The average Bonchev–Trinajstić information content (AvgIpc) is 3.36. The third kappa shape index (κ3) is 3.78. The van der Waals surface area contributed by atoms with Crippen molar-refractivity contribution < 1.29 is 28.2 Å². The van der Waals surface area contributed by atoms with Gasteiger partial charge < -0.3 is 9.84 Å². The van der Waals surface area contributed by atoms with Gasteiger partial charge in [0.05, 0.1) is 18.5 Å². The first kappa shape index (κ1) is 22.5. The summed E-state index contributed by atoms with van der Waals surface area (Å²) in [6.07, 6.45) is 0.327. The summed E-state index contributed by atoms with van der Waals surface area (Å²) in [6.45, 7) is 0.0682. The maximum atomic E-state index is 14.7. The maximum absolute atomic E-state index is 14.7. The van der Waals surface area contributed by atoms with E-state index < -0.39 is 29.6 Å². The number of amides is 2. The number of likely N-dealkylation sites (tertiary alicyclic amines) is 1. The minimum absolute atomic E-state index is 0.0430. The number of halogens is 2. The first-order valence-corrected chi connectivity index (χ1v) is 11.0. The SMILES string of the molecule is COc1cccc(C2=NN(c3ccccc3F)C3C(=O)N(CCc4ccc(F)cc4)C(=O)C23)c1O. The van der Waals surface area contributed by atoms with Gasteiger partial charge in [0.25, 0.3) is 5.91 Å². The van der Waals surface area contributed by atoms with Crippen LogP contribution in [0, 0.1) is 17.6 Å². The Kier molecular flexibility index (Phi) is 5.68. The molecule has 2 heterocycles. The highest BCUT2D eigenvalue weighted by molar-refractivity contribution is 6.26. The van der Waals surface area contributed by atoms with E-state index in [1.807, 2.05) is 0 Å². The molecule has 2 atom stereocenters. The molecule has 0 aliphatic carbocycles. The molecule has 178 valence electrons. The molecule has 3 aromatic carbocycles. The smallest absolute Gasteiger partial charge is 0.255 e. The monoisotopic (exact) mass is 477 g/mol. The molecule has 0 aromatic heterocycles. The lowest BCUT2D eigenvalue weighted by Gasteiger charge is -2.22. The Hall–Kier alpha value is -4.27. The van der Waals surface area contributed by atoms with E-state index in [0.717, 1.165) is 10.5 Å². The Morgan fingerprint density at radius 2 is 1.71 bits per heavy atom. The van der Waals surface area contributed by atoms with E-state index in [-0.39, 0.29) is 40.8 Å². The third-order valence-corrected chi connectivity index (χ3v) is 6.27. The molecular formula is C26H21F2N3O4. The number of para-hydroxylation sites is 2. The molecule has 0 bridgehead atoms. The lowest BCUT2D eigenvalue weighted by Crippen LogP contribution is -2.40. The second-order valence-electron chi connectivity index (χ2n) is 8.26. The predicted octanol–water partition coefficient (Wildman–Crippen LogP) is 3.50. The molecule has 0 saturated carbocycles. The second kappa shape index (κ2) is 8.83. The molecule has 2 unspecified atom stereocenters. The molecule has 2 aliphatic rings. The van der Waals surface area contributed by atoms with Crippen molar-refractivity contribution in [1.82, 2.24) is 4.90 Å². The largest absolute Gasteiger partial charge is 0.504 e. The van der Waals surface area contributed by atoms with Crippen LogP contribution in [-0.2, 0) is 16.0 Å².